The molecule has 2 aromatic carbocycles. The number of methoxy groups -OCH3 is 2. The number of hydrogen-bond donors (Lipinski definition) is 0. The molecule has 0 spiro atoms. The Labute approximate surface area is 141 Å². The summed E-state index contributed by atoms with van der Waals surface area (Å²) < 4.78 is 29.4. The van der Waals surface area contributed by atoms with Crippen molar-refractivity contribution in [3.63, 3.8) is 0 Å². The lowest BCUT2D eigenvalue weighted by molar-refractivity contribution is 0.105. The fourth-order valence-electron chi connectivity index (χ4n) is 2.26. The van der Waals surface area contributed by atoms with Gasteiger partial charge in [0.05, 0.1) is 25.3 Å². The number of rotatable bonds is 7. The average molecular weight is 346 g/mol. The summed E-state index contributed by atoms with van der Waals surface area (Å²) in [5, 5.41) is 0.283. The minimum atomic E-state index is -3.92. The van der Waals surface area contributed by atoms with Crippen LogP contribution in [-0.4, -0.2) is 19.7 Å². The standard InChI is InChI=1S/C18H19O5P/c1-13(2)23-24(20,14-9-6-5-7-10-14)18(19)17-15(21-3)11-8-12-16(17)22-4/h5-12H,1H2,2-4H3. The molecule has 0 saturated heterocycles. The van der Waals surface area contributed by atoms with Crippen molar-refractivity contribution in [1.29, 1.82) is 0 Å². The van der Waals surface area contributed by atoms with Gasteiger partial charge in [-0.25, -0.2) is 0 Å². The van der Waals surface area contributed by atoms with E-state index < -0.39 is 12.9 Å². The largest absolute Gasteiger partial charge is 0.496 e. The zero-order valence-corrected chi connectivity index (χ0v) is 14.7. The molecule has 1 unspecified atom stereocenters. The van der Waals surface area contributed by atoms with E-state index in [0.717, 1.165) is 0 Å². The minimum Gasteiger partial charge on any atom is -0.496 e. The van der Waals surface area contributed by atoms with Crippen molar-refractivity contribution in [3.05, 3.63) is 66.4 Å². The van der Waals surface area contributed by atoms with E-state index in [9.17, 15) is 9.36 Å². The molecule has 0 aliphatic carbocycles. The van der Waals surface area contributed by atoms with E-state index in [1.165, 1.54) is 14.2 Å². The van der Waals surface area contributed by atoms with Crippen molar-refractivity contribution in [3.8, 4) is 11.5 Å². The minimum absolute atomic E-state index is 0.0796. The number of ether oxygens (including phenoxy) is 2. The van der Waals surface area contributed by atoms with Crippen LogP contribution in [0.3, 0.4) is 0 Å². The molecule has 6 heteroatoms. The van der Waals surface area contributed by atoms with E-state index in [0.29, 0.717) is 0 Å². The molecule has 0 radical (unpaired) electrons. The van der Waals surface area contributed by atoms with Crippen LogP contribution in [0.1, 0.15) is 17.3 Å². The van der Waals surface area contributed by atoms with Gasteiger partial charge in [-0.2, -0.15) is 0 Å². The van der Waals surface area contributed by atoms with Crippen molar-refractivity contribution in [2.45, 2.75) is 6.92 Å². The third-order valence-corrected chi connectivity index (χ3v) is 5.59. The number of carbonyl (C=O) groups excluding carboxylic acids is 1. The highest BCUT2D eigenvalue weighted by atomic mass is 31.2. The Kier molecular flexibility index (Phi) is 5.47. The van der Waals surface area contributed by atoms with Crippen molar-refractivity contribution in [2.75, 3.05) is 14.2 Å². The number of carbonyl (C=O) groups is 1. The predicted octanol–water partition coefficient (Wildman–Crippen LogP) is 4.00. The monoisotopic (exact) mass is 346 g/mol. The Balaban J connectivity index is 2.67. The van der Waals surface area contributed by atoms with Crippen molar-refractivity contribution in [2.24, 2.45) is 0 Å². The maximum absolute atomic E-state index is 13.5. The maximum Gasteiger partial charge on any atom is 0.346 e. The first-order valence-corrected chi connectivity index (χ1v) is 8.83. The molecule has 0 aromatic heterocycles. The summed E-state index contributed by atoms with van der Waals surface area (Å²) in [6, 6.07) is 13.2. The number of allylic oxidation sites excluding steroid dienone is 1. The lowest BCUT2D eigenvalue weighted by atomic mass is 10.2. The van der Waals surface area contributed by atoms with E-state index >= 15 is 0 Å². The third-order valence-electron chi connectivity index (χ3n) is 3.29. The molecule has 0 aliphatic rings. The molecule has 0 heterocycles. The van der Waals surface area contributed by atoms with E-state index in [1.807, 2.05) is 0 Å². The lowest BCUT2D eigenvalue weighted by Gasteiger charge is -2.20. The summed E-state index contributed by atoms with van der Waals surface area (Å²) in [4.78, 5) is 13.2. The molecule has 0 saturated carbocycles. The van der Waals surface area contributed by atoms with Gasteiger partial charge in [-0.1, -0.05) is 30.8 Å². The molecule has 0 bridgehead atoms. The first kappa shape index (κ1) is 17.8. The van der Waals surface area contributed by atoms with Crippen molar-refractivity contribution < 1.29 is 23.4 Å². The molecule has 0 fully saturated rings. The second-order valence-corrected chi connectivity index (χ2v) is 7.23. The molecule has 0 amide bonds. The summed E-state index contributed by atoms with van der Waals surface area (Å²) in [6.07, 6.45) is 0. The summed E-state index contributed by atoms with van der Waals surface area (Å²) in [5.41, 5.74) is -0.623. The fraction of sp³-hybridized carbons (Fsp3) is 0.167. The van der Waals surface area contributed by atoms with Crippen molar-refractivity contribution in [1.82, 2.24) is 0 Å². The van der Waals surface area contributed by atoms with E-state index in [-0.39, 0.29) is 28.1 Å². The molecule has 0 aliphatic heterocycles. The quantitative estimate of drug-likeness (QED) is 0.560. The highest BCUT2D eigenvalue weighted by Crippen LogP contribution is 2.53. The van der Waals surface area contributed by atoms with Crippen LogP contribution in [0.4, 0.5) is 0 Å². The SMILES string of the molecule is C=C(C)OP(=O)(C(=O)c1c(OC)cccc1OC)c1ccccc1. The molecule has 126 valence electrons. The van der Waals surface area contributed by atoms with Gasteiger partial charge >= 0.3 is 7.37 Å². The lowest BCUT2D eigenvalue weighted by Crippen LogP contribution is -2.16. The van der Waals surface area contributed by atoms with Crippen LogP contribution < -0.4 is 14.8 Å². The summed E-state index contributed by atoms with van der Waals surface area (Å²) in [5.74, 6) is 0.714. The normalized spacial score (nSPS) is 12.8. The molecule has 5 nitrogen and oxygen atoms in total. The zero-order chi connectivity index (χ0) is 17.7. The van der Waals surface area contributed by atoms with Gasteiger partial charge in [0, 0.05) is 0 Å². The summed E-state index contributed by atoms with van der Waals surface area (Å²) in [6.45, 7) is 5.16. The highest BCUT2D eigenvalue weighted by Gasteiger charge is 2.40. The topological polar surface area (TPSA) is 61.8 Å². The zero-order valence-electron chi connectivity index (χ0n) is 13.8. The molecule has 2 rings (SSSR count). The van der Waals surface area contributed by atoms with Crippen LogP contribution in [0.15, 0.2) is 60.9 Å². The van der Waals surface area contributed by atoms with Crippen LogP contribution in [-0.2, 0) is 9.09 Å². The second-order valence-electron chi connectivity index (χ2n) is 5.02. The summed E-state index contributed by atoms with van der Waals surface area (Å²) in [7, 11) is -1.06. The first-order valence-electron chi connectivity index (χ1n) is 7.20. The van der Waals surface area contributed by atoms with Gasteiger partial charge < -0.3 is 14.0 Å². The van der Waals surface area contributed by atoms with E-state index in [2.05, 4.69) is 6.58 Å². The van der Waals surface area contributed by atoms with Crippen molar-refractivity contribution >= 4 is 18.2 Å². The Morgan fingerprint density at radius 2 is 1.50 bits per heavy atom. The van der Waals surface area contributed by atoms with Crippen LogP contribution in [0, 0.1) is 0 Å². The fourth-order valence-corrected chi connectivity index (χ4v) is 4.21. The smallest absolute Gasteiger partial charge is 0.346 e. The predicted molar refractivity (Wildman–Crippen MR) is 93.5 cm³/mol. The van der Waals surface area contributed by atoms with E-state index in [1.54, 1.807) is 55.5 Å². The third kappa shape index (κ3) is 3.36. The summed E-state index contributed by atoms with van der Waals surface area (Å²) >= 11 is 0. The van der Waals surface area contributed by atoms with Gasteiger partial charge in [-0.15, -0.1) is 0 Å². The van der Waals surface area contributed by atoms with Gasteiger partial charge in [0.25, 0.3) is 5.52 Å². The van der Waals surface area contributed by atoms with Crippen LogP contribution >= 0.6 is 7.37 Å². The molecule has 0 N–H and O–H groups in total. The molecule has 1 atom stereocenters. The van der Waals surface area contributed by atoms with Gasteiger partial charge in [-0.3, -0.25) is 9.36 Å². The number of hydrogen-bond acceptors (Lipinski definition) is 5. The maximum atomic E-state index is 13.5. The molecule has 2 aromatic rings. The van der Waals surface area contributed by atoms with Gasteiger partial charge in [0.1, 0.15) is 17.1 Å². The van der Waals surface area contributed by atoms with Gasteiger partial charge in [-0.05, 0) is 31.2 Å². The van der Waals surface area contributed by atoms with Crippen LogP contribution in [0.2, 0.25) is 0 Å². The van der Waals surface area contributed by atoms with Gasteiger partial charge in [0.2, 0.25) is 0 Å². The Morgan fingerprint density at radius 1 is 0.958 bits per heavy atom. The van der Waals surface area contributed by atoms with E-state index in [4.69, 9.17) is 14.0 Å². The Morgan fingerprint density at radius 3 is 1.96 bits per heavy atom. The number of benzene rings is 2. The Hall–Kier alpha value is -2.52. The first-order chi connectivity index (χ1) is 11.4. The highest BCUT2D eigenvalue weighted by molar-refractivity contribution is 7.83. The second kappa shape index (κ2) is 7.37. The Bertz CT molecular complexity index is 776. The average Bonchev–Trinajstić information content (AvgIpc) is 2.60. The van der Waals surface area contributed by atoms with Crippen LogP contribution in [0.25, 0.3) is 0 Å². The molecular weight excluding hydrogens is 327 g/mol. The van der Waals surface area contributed by atoms with Crippen LogP contribution in [0.5, 0.6) is 11.5 Å². The molecule has 24 heavy (non-hydrogen) atoms. The van der Waals surface area contributed by atoms with Gasteiger partial charge in [0.15, 0.2) is 0 Å². The molecular formula is C18H19O5P.